The summed E-state index contributed by atoms with van der Waals surface area (Å²) in [7, 11) is -7.28. The molecule has 2 saturated heterocycles. The maximum Gasteiger partial charge on any atom is 0.267 e. The van der Waals surface area contributed by atoms with Gasteiger partial charge in [0.1, 0.15) is 11.6 Å². The van der Waals surface area contributed by atoms with E-state index in [0.717, 1.165) is 31.0 Å². The van der Waals surface area contributed by atoms with Gasteiger partial charge < -0.3 is 15.5 Å². The molecule has 1 saturated carbocycles. The van der Waals surface area contributed by atoms with Crippen LogP contribution in [0, 0.1) is 22.9 Å². The summed E-state index contributed by atoms with van der Waals surface area (Å²) >= 11 is 1.32. The van der Waals surface area contributed by atoms with Crippen molar-refractivity contribution in [3.8, 4) is 21.8 Å². The summed E-state index contributed by atoms with van der Waals surface area (Å²) in [6, 6.07) is 8.60. The van der Waals surface area contributed by atoms with Crippen LogP contribution >= 0.6 is 21.9 Å². The lowest BCUT2D eigenvalue weighted by Crippen LogP contribution is -2.57. The Balaban J connectivity index is 1.24. The van der Waals surface area contributed by atoms with Gasteiger partial charge in [-0.1, -0.05) is 23.5 Å². The normalized spacial score (nSPS) is 22.5. The van der Waals surface area contributed by atoms with Gasteiger partial charge in [0.15, 0.2) is 15.8 Å². The van der Waals surface area contributed by atoms with Crippen molar-refractivity contribution in [2.45, 2.75) is 49.7 Å². The van der Waals surface area contributed by atoms with E-state index in [2.05, 4.69) is 34.4 Å². The Labute approximate surface area is 281 Å². The number of rotatable bonds is 8. The predicted molar refractivity (Wildman–Crippen MR) is 182 cm³/mol. The van der Waals surface area contributed by atoms with Crippen LogP contribution < -0.4 is 20.3 Å². The van der Waals surface area contributed by atoms with Crippen LogP contribution in [0.2, 0.25) is 0 Å². The van der Waals surface area contributed by atoms with Gasteiger partial charge in [-0.25, -0.2) is 36.5 Å². The number of hydrogen-bond donors (Lipinski definition) is 5. The van der Waals surface area contributed by atoms with E-state index in [0.29, 0.717) is 46.2 Å². The second-order valence-electron chi connectivity index (χ2n) is 12.9. The molecule has 0 radical (unpaired) electrons. The summed E-state index contributed by atoms with van der Waals surface area (Å²) in [4.78, 5) is 15.5. The molecule has 0 amide bonds. The van der Waals surface area contributed by atoms with Crippen molar-refractivity contribution in [3.63, 3.8) is 0 Å². The minimum Gasteiger partial charge on any atom is -0.351 e. The van der Waals surface area contributed by atoms with Gasteiger partial charge in [-0.3, -0.25) is 13.8 Å². The second-order valence-corrected chi connectivity index (χ2v) is 17.6. The van der Waals surface area contributed by atoms with E-state index in [4.69, 9.17) is 9.97 Å². The van der Waals surface area contributed by atoms with Gasteiger partial charge >= 0.3 is 0 Å². The lowest BCUT2D eigenvalue weighted by molar-refractivity contribution is 0.140. The fraction of sp³-hybridized carbons (Fsp3) is 0.387. The van der Waals surface area contributed by atoms with E-state index in [9.17, 15) is 26.3 Å². The molecule has 3 aliphatic rings. The van der Waals surface area contributed by atoms with Crippen molar-refractivity contribution >= 4 is 48.7 Å². The fourth-order valence-electron chi connectivity index (χ4n) is 7.01. The quantitative estimate of drug-likeness (QED) is 0.147. The molecule has 5 N–H and O–H groups in total. The highest BCUT2D eigenvalue weighted by Crippen LogP contribution is 2.66. The van der Waals surface area contributed by atoms with Gasteiger partial charge in [-0.05, 0) is 57.0 Å². The molecule has 0 bridgehead atoms. The molecule has 2 atom stereocenters. The van der Waals surface area contributed by atoms with E-state index in [-0.39, 0.29) is 34.8 Å². The van der Waals surface area contributed by atoms with E-state index >= 15 is 4.39 Å². The van der Waals surface area contributed by atoms with E-state index < -0.39 is 48.6 Å². The highest BCUT2D eigenvalue weighted by molar-refractivity contribution is 8.25. The zero-order valence-corrected chi connectivity index (χ0v) is 28.4. The summed E-state index contributed by atoms with van der Waals surface area (Å²) in [5, 5.41) is 7.34. The zero-order valence-electron chi connectivity index (χ0n) is 26.0. The molecular formula is C31H34F3N7O4S3. The predicted octanol–water partition coefficient (Wildman–Crippen LogP) is 6.00. The van der Waals surface area contributed by atoms with E-state index in [1.165, 1.54) is 29.5 Å². The molecule has 4 aromatic rings. The third kappa shape index (κ3) is 6.11. The Morgan fingerprint density at radius 3 is 2.33 bits per heavy atom. The number of anilines is 3. The van der Waals surface area contributed by atoms with Crippen LogP contribution in [0.4, 0.5) is 29.9 Å². The molecule has 1 spiro atoms. The standard InChI is InChI=1S/C31H34F3N7O4S3/c1-17-13-35-14-18(2)41(17)30-39-26(20-5-3-8-23(25(20)34)40-48(44,45)28-21(32)6-4-7-22(28)33)27(46-30)24-9-10-36-29(38-24)37-19-11-31(12-19)15-47(42,43)16-31/h3-10,17-19,35,40,42-43H,11-16H2,1-2H3,(H,36,37,38). The summed E-state index contributed by atoms with van der Waals surface area (Å²) in [5.74, 6) is -2.39. The van der Waals surface area contributed by atoms with Gasteiger partial charge in [0.05, 0.1) is 22.0 Å². The summed E-state index contributed by atoms with van der Waals surface area (Å²) in [6.45, 7) is 5.54. The van der Waals surface area contributed by atoms with E-state index in [1.807, 2.05) is 4.72 Å². The van der Waals surface area contributed by atoms with Gasteiger partial charge in [0.25, 0.3) is 10.0 Å². The number of nitrogens with one attached hydrogen (secondary N) is 3. The molecule has 2 aromatic heterocycles. The van der Waals surface area contributed by atoms with Crippen LogP contribution in [0.25, 0.3) is 21.8 Å². The minimum absolute atomic E-state index is 0.0322. The minimum atomic E-state index is -4.84. The first-order chi connectivity index (χ1) is 22.7. The largest absolute Gasteiger partial charge is 0.351 e. The van der Waals surface area contributed by atoms with Crippen molar-refractivity contribution in [2.24, 2.45) is 5.41 Å². The monoisotopic (exact) mass is 721 g/mol. The average molecular weight is 722 g/mol. The Kier molecular flexibility index (Phi) is 8.35. The molecule has 3 fully saturated rings. The summed E-state index contributed by atoms with van der Waals surface area (Å²) < 4.78 is 92.9. The molecule has 17 heteroatoms. The first-order valence-electron chi connectivity index (χ1n) is 15.3. The number of halogens is 3. The van der Waals surface area contributed by atoms with Crippen LogP contribution in [-0.2, 0) is 10.0 Å². The molecule has 2 unspecified atom stereocenters. The third-order valence-corrected chi connectivity index (χ3v) is 13.7. The van der Waals surface area contributed by atoms with Crippen molar-refractivity contribution < 1.29 is 30.7 Å². The third-order valence-electron chi connectivity index (χ3n) is 9.01. The van der Waals surface area contributed by atoms with Crippen molar-refractivity contribution in [1.29, 1.82) is 0 Å². The molecule has 4 heterocycles. The molecule has 1 aliphatic carbocycles. The van der Waals surface area contributed by atoms with Crippen molar-refractivity contribution in [1.82, 2.24) is 20.3 Å². The first-order valence-corrected chi connectivity index (χ1v) is 19.5. The van der Waals surface area contributed by atoms with Gasteiger partial charge in [-0.2, -0.15) is 10.6 Å². The van der Waals surface area contributed by atoms with Gasteiger partial charge in [-0.15, -0.1) is 0 Å². The van der Waals surface area contributed by atoms with Crippen molar-refractivity contribution in [2.75, 3.05) is 39.5 Å². The molecule has 2 aromatic carbocycles. The SMILES string of the molecule is CC1CNCC(C)N1c1nc(-c2cccc(NS(=O)(=O)c3c(F)cccc3F)c2F)c(-c2ccnc(NC3CC4(C3)CS(O)(O)C4)n2)s1. The lowest BCUT2D eigenvalue weighted by atomic mass is 9.67. The topological polar surface area (TPSA) is 153 Å². The molecule has 48 heavy (non-hydrogen) atoms. The molecule has 2 aliphatic heterocycles. The zero-order chi connectivity index (χ0) is 34.0. The number of hydrogen-bond acceptors (Lipinski definition) is 11. The average Bonchev–Trinajstić information content (AvgIpc) is 3.41. The smallest absolute Gasteiger partial charge is 0.267 e. The summed E-state index contributed by atoms with van der Waals surface area (Å²) in [6.07, 6.45) is 3.13. The Bertz CT molecular complexity index is 1950. The van der Waals surface area contributed by atoms with Gasteiger partial charge in [0.2, 0.25) is 5.95 Å². The first kappa shape index (κ1) is 33.0. The van der Waals surface area contributed by atoms with Crippen LogP contribution in [0.15, 0.2) is 53.6 Å². The molecule has 256 valence electrons. The molecular weight excluding hydrogens is 688 g/mol. The van der Waals surface area contributed by atoms with Crippen LogP contribution in [0.3, 0.4) is 0 Å². The number of aromatic nitrogens is 3. The Morgan fingerprint density at radius 1 is 1.00 bits per heavy atom. The highest BCUT2D eigenvalue weighted by atomic mass is 32.3. The lowest BCUT2D eigenvalue weighted by Gasteiger charge is -2.63. The summed E-state index contributed by atoms with van der Waals surface area (Å²) in [5.41, 5.74) is 0.0984. The molecule has 7 rings (SSSR count). The van der Waals surface area contributed by atoms with Crippen molar-refractivity contribution in [3.05, 3.63) is 66.1 Å². The maximum atomic E-state index is 16.3. The number of piperazine rings is 1. The van der Waals surface area contributed by atoms with Crippen LogP contribution in [0.5, 0.6) is 0 Å². The Hall–Kier alpha value is -3.48. The van der Waals surface area contributed by atoms with Gasteiger partial charge in [0, 0.05) is 59.9 Å². The maximum absolute atomic E-state index is 16.3. The fourth-order valence-corrected chi connectivity index (χ4v) is 11.8. The van der Waals surface area contributed by atoms with Crippen LogP contribution in [0.1, 0.15) is 26.7 Å². The van der Waals surface area contributed by atoms with Crippen LogP contribution in [-0.4, -0.2) is 75.2 Å². The number of thiazole rings is 1. The number of nitrogens with zero attached hydrogens (tertiary/aromatic N) is 4. The second kappa shape index (κ2) is 12.1. The number of sulfonamides is 1. The van der Waals surface area contributed by atoms with E-state index in [1.54, 1.807) is 12.3 Å². The molecule has 11 nitrogen and oxygen atoms in total. The number of benzene rings is 2. The highest BCUT2D eigenvalue weighted by Gasteiger charge is 2.56. The Morgan fingerprint density at radius 2 is 1.67 bits per heavy atom.